The first kappa shape index (κ1) is 22.9. The van der Waals surface area contributed by atoms with Crippen molar-refractivity contribution < 1.29 is 24.1 Å². The normalized spacial score (nSPS) is 19.7. The van der Waals surface area contributed by atoms with Gasteiger partial charge in [-0.15, -0.1) is 0 Å². The second-order valence-electron chi connectivity index (χ2n) is 8.30. The lowest BCUT2D eigenvalue weighted by atomic mass is 9.87. The largest absolute Gasteiger partial charge is 0.504 e. The molecule has 2 aliphatic rings. The third-order valence-corrected chi connectivity index (χ3v) is 6.35. The van der Waals surface area contributed by atoms with E-state index in [-0.39, 0.29) is 17.9 Å². The van der Waals surface area contributed by atoms with Gasteiger partial charge in [-0.2, -0.15) is 0 Å². The summed E-state index contributed by atoms with van der Waals surface area (Å²) in [6, 6.07) is 13.2. The Balaban J connectivity index is 1.67. The van der Waals surface area contributed by atoms with Crippen molar-refractivity contribution in [1.29, 1.82) is 0 Å². The molecule has 0 radical (unpaired) electrons. The minimum atomic E-state index is -0.545. The lowest BCUT2D eigenvalue weighted by molar-refractivity contribution is 0.0778. The molecule has 8 nitrogen and oxygen atoms in total. The first-order chi connectivity index (χ1) is 16.0. The molecule has 2 aromatic rings. The Hall–Kier alpha value is -3.26. The van der Waals surface area contributed by atoms with Crippen LogP contribution in [0, 0.1) is 0 Å². The molecular formula is C25H31N3O5. The van der Waals surface area contributed by atoms with Crippen LogP contribution < -0.4 is 14.8 Å². The molecule has 0 saturated carbocycles. The van der Waals surface area contributed by atoms with Crippen molar-refractivity contribution in [2.24, 2.45) is 4.99 Å². The number of nitrogens with zero attached hydrogens (tertiary/aromatic N) is 2. The number of amides is 1. The zero-order chi connectivity index (χ0) is 23.4. The molecule has 1 spiro atoms. The van der Waals surface area contributed by atoms with Crippen LogP contribution in [0.25, 0.3) is 0 Å². The Bertz CT molecular complexity index is 1010. The Kier molecular flexibility index (Phi) is 6.74. The second kappa shape index (κ2) is 9.70. The van der Waals surface area contributed by atoms with Gasteiger partial charge in [-0.05, 0) is 42.8 Å². The number of methoxy groups -OCH3 is 2. The van der Waals surface area contributed by atoms with E-state index in [2.05, 4.69) is 5.32 Å². The molecule has 1 amide bonds. The summed E-state index contributed by atoms with van der Waals surface area (Å²) in [4.78, 5) is 19.1. The number of phenols is 1. The maximum atomic E-state index is 12.2. The minimum Gasteiger partial charge on any atom is -0.504 e. The number of carbonyl (C=O) groups is 1. The van der Waals surface area contributed by atoms with Crippen LogP contribution in [0.3, 0.4) is 0 Å². The molecule has 2 aromatic carbocycles. The summed E-state index contributed by atoms with van der Waals surface area (Å²) < 4.78 is 15.8. The van der Waals surface area contributed by atoms with Gasteiger partial charge in [0.05, 0.1) is 20.8 Å². The molecule has 4 rings (SSSR count). The molecule has 0 bridgehead atoms. The smallest absolute Gasteiger partial charge is 0.409 e. The molecule has 1 atom stereocenters. The molecule has 2 heterocycles. The van der Waals surface area contributed by atoms with Gasteiger partial charge in [0, 0.05) is 49.7 Å². The molecule has 176 valence electrons. The Morgan fingerprint density at radius 2 is 1.88 bits per heavy atom. The van der Waals surface area contributed by atoms with Gasteiger partial charge in [0.1, 0.15) is 11.4 Å². The minimum absolute atomic E-state index is 0.132. The summed E-state index contributed by atoms with van der Waals surface area (Å²) in [7, 11) is 3.19. The first-order valence-corrected chi connectivity index (χ1v) is 11.3. The van der Waals surface area contributed by atoms with E-state index in [0.29, 0.717) is 44.7 Å². The molecular weight excluding hydrogens is 422 g/mol. The number of benzene rings is 2. The van der Waals surface area contributed by atoms with E-state index in [1.165, 1.54) is 0 Å². The SMILES string of the molecule is CCOC(=O)N1CCC2(CC1)N=C(c1ccc(OC)cc1)C[C@H](c1cccc(OC)c1O)N2. The maximum absolute atomic E-state index is 12.2. The zero-order valence-corrected chi connectivity index (χ0v) is 19.3. The predicted molar refractivity (Wildman–Crippen MR) is 125 cm³/mol. The number of piperidine rings is 1. The standard InChI is InChI=1S/C25H31N3O5/c1-4-33-24(30)28-14-12-25(13-15-28)26-20(17-8-10-18(31-2)11-9-17)16-21(27-25)19-6-5-7-22(32-3)23(19)29/h5-11,21,27,29H,4,12-16H2,1-3H3/t21-/m1/s1. The Morgan fingerprint density at radius 3 is 2.52 bits per heavy atom. The number of rotatable bonds is 5. The third-order valence-electron chi connectivity index (χ3n) is 6.35. The highest BCUT2D eigenvalue weighted by atomic mass is 16.6. The lowest BCUT2D eigenvalue weighted by Gasteiger charge is -2.45. The van der Waals surface area contributed by atoms with Crippen LogP contribution in [-0.2, 0) is 4.74 Å². The molecule has 0 unspecified atom stereocenters. The fourth-order valence-corrected chi connectivity index (χ4v) is 4.57. The quantitative estimate of drug-likeness (QED) is 0.714. The van der Waals surface area contributed by atoms with Gasteiger partial charge >= 0.3 is 6.09 Å². The molecule has 8 heteroatoms. The van der Waals surface area contributed by atoms with Gasteiger partial charge in [0.2, 0.25) is 0 Å². The number of ether oxygens (including phenoxy) is 3. The summed E-state index contributed by atoms with van der Waals surface area (Å²) in [5.74, 6) is 1.36. The molecule has 1 saturated heterocycles. The van der Waals surface area contributed by atoms with Crippen molar-refractivity contribution in [2.75, 3.05) is 33.9 Å². The molecule has 0 aromatic heterocycles. The van der Waals surface area contributed by atoms with Crippen molar-refractivity contribution in [3.63, 3.8) is 0 Å². The highest BCUT2D eigenvalue weighted by Crippen LogP contribution is 2.40. The average Bonchev–Trinajstić information content (AvgIpc) is 2.84. The van der Waals surface area contributed by atoms with E-state index in [9.17, 15) is 9.90 Å². The number of aromatic hydroxyl groups is 1. The number of likely N-dealkylation sites (tertiary alicyclic amines) is 1. The molecule has 2 N–H and O–H groups in total. The number of hydrogen-bond acceptors (Lipinski definition) is 7. The highest BCUT2D eigenvalue weighted by molar-refractivity contribution is 6.02. The summed E-state index contributed by atoms with van der Waals surface area (Å²) in [6.07, 6.45) is 1.61. The fraction of sp³-hybridized carbons (Fsp3) is 0.440. The van der Waals surface area contributed by atoms with E-state index in [4.69, 9.17) is 19.2 Å². The van der Waals surface area contributed by atoms with Crippen molar-refractivity contribution in [1.82, 2.24) is 10.2 Å². The summed E-state index contributed by atoms with van der Waals surface area (Å²) in [5, 5.41) is 14.5. The molecule has 2 aliphatic heterocycles. The average molecular weight is 454 g/mol. The number of phenolic OH excluding ortho intramolecular Hbond substituents is 1. The van der Waals surface area contributed by atoms with Gasteiger partial charge in [-0.25, -0.2) is 4.79 Å². The van der Waals surface area contributed by atoms with E-state index < -0.39 is 5.66 Å². The van der Waals surface area contributed by atoms with Gasteiger partial charge in [0.15, 0.2) is 11.5 Å². The molecule has 0 aliphatic carbocycles. The van der Waals surface area contributed by atoms with Crippen molar-refractivity contribution in [3.05, 3.63) is 53.6 Å². The van der Waals surface area contributed by atoms with Crippen LogP contribution in [0.15, 0.2) is 47.5 Å². The van der Waals surface area contributed by atoms with Gasteiger partial charge in [0.25, 0.3) is 0 Å². The van der Waals surface area contributed by atoms with Crippen LogP contribution in [0.1, 0.15) is 43.4 Å². The highest BCUT2D eigenvalue weighted by Gasteiger charge is 2.41. The van der Waals surface area contributed by atoms with Crippen LogP contribution in [-0.4, -0.2) is 61.4 Å². The van der Waals surface area contributed by atoms with E-state index in [1.54, 1.807) is 25.2 Å². The topological polar surface area (TPSA) is 92.6 Å². The van der Waals surface area contributed by atoms with E-state index >= 15 is 0 Å². The van der Waals surface area contributed by atoms with Crippen LogP contribution in [0.2, 0.25) is 0 Å². The summed E-state index contributed by atoms with van der Waals surface area (Å²) >= 11 is 0. The number of carbonyl (C=O) groups excluding carboxylic acids is 1. The molecule has 1 fully saturated rings. The van der Waals surface area contributed by atoms with Gasteiger partial charge in [-0.3, -0.25) is 10.3 Å². The van der Waals surface area contributed by atoms with Crippen LogP contribution >= 0.6 is 0 Å². The van der Waals surface area contributed by atoms with Crippen LogP contribution in [0.5, 0.6) is 17.2 Å². The number of hydrogen-bond donors (Lipinski definition) is 2. The van der Waals surface area contributed by atoms with Crippen LogP contribution in [0.4, 0.5) is 4.79 Å². The van der Waals surface area contributed by atoms with Gasteiger partial charge < -0.3 is 24.2 Å². The summed E-state index contributed by atoms with van der Waals surface area (Å²) in [5.41, 5.74) is 2.18. The van der Waals surface area contributed by atoms with Crippen molar-refractivity contribution in [3.8, 4) is 17.2 Å². The number of para-hydroxylation sites is 1. The number of nitrogens with one attached hydrogen (secondary N) is 1. The predicted octanol–water partition coefficient (Wildman–Crippen LogP) is 3.88. The Labute approximate surface area is 194 Å². The van der Waals surface area contributed by atoms with E-state index in [1.807, 2.05) is 43.3 Å². The van der Waals surface area contributed by atoms with Crippen molar-refractivity contribution >= 4 is 11.8 Å². The lowest BCUT2D eigenvalue weighted by Crippen LogP contribution is -2.56. The molecule has 33 heavy (non-hydrogen) atoms. The maximum Gasteiger partial charge on any atom is 0.409 e. The monoisotopic (exact) mass is 453 g/mol. The van der Waals surface area contributed by atoms with Crippen molar-refractivity contribution in [2.45, 2.75) is 37.9 Å². The van der Waals surface area contributed by atoms with Gasteiger partial charge in [-0.1, -0.05) is 12.1 Å². The van der Waals surface area contributed by atoms with E-state index in [0.717, 1.165) is 22.6 Å². The first-order valence-electron chi connectivity index (χ1n) is 11.3. The summed E-state index contributed by atoms with van der Waals surface area (Å²) in [6.45, 7) is 3.25. The second-order valence-corrected chi connectivity index (χ2v) is 8.30. The zero-order valence-electron chi connectivity index (χ0n) is 19.3. The Morgan fingerprint density at radius 1 is 1.15 bits per heavy atom. The number of aliphatic imine (C=N–C) groups is 1. The fourth-order valence-electron chi connectivity index (χ4n) is 4.57. The third kappa shape index (κ3) is 4.75.